The fourth-order valence-electron chi connectivity index (χ4n) is 3.35. The van der Waals surface area contributed by atoms with E-state index >= 15 is 0 Å². The van der Waals surface area contributed by atoms with Crippen molar-refractivity contribution in [1.29, 1.82) is 0 Å². The van der Waals surface area contributed by atoms with Crippen molar-refractivity contribution < 1.29 is 23.9 Å². The van der Waals surface area contributed by atoms with E-state index in [4.69, 9.17) is 0 Å². The summed E-state index contributed by atoms with van der Waals surface area (Å²) in [6.07, 6.45) is 0. The molecule has 0 bridgehead atoms. The molecule has 0 atom stereocenters. The van der Waals surface area contributed by atoms with Crippen LogP contribution in [0.25, 0.3) is 0 Å². The van der Waals surface area contributed by atoms with Crippen LogP contribution in [-0.2, 0) is 4.74 Å². The van der Waals surface area contributed by atoms with Crippen LogP contribution in [0.4, 0.5) is 5.69 Å². The summed E-state index contributed by atoms with van der Waals surface area (Å²) in [4.78, 5) is 50.2. The molecule has 0 heterocycles. The van der Waals surface area contributed by atoms with Crippen molar-refractivity contribution in [3.8, 4) is 0 Å². The molecule has 6 nitrogen and oxygen atoms in total. The Kier molecular flexibility index (Phi) is 4.52. The molecular formula is C23H15NO5. The molecule has 0 saturated heterocycles. The fraction of sp³-hybridized carbons (Fsp3) is 0.0435. The van der Waals surface area contributed by atoms with E-state index < -0.39 is 11.9 Å². The van der Waals surface area contributed by atoms with Crippen LogP contribution >= 0.6 is 0 Å². The Morgan fingerprint density at radius 3 is 2.10 bits per heavy atom. The first-order valence-corrected chi connectivity index (χ1v) is 8.82. The number of amides is 1. The molecule has 1 aliphatic rings. The standard InChI is InChI=1S/C23H15NO5/c1-29-23(28)14-7-4-6-13(12-14)22(27)24-18-11-5-10-17-19(18)21(26)16-9-3-2-8-15(16)20(17)25/h2-12H,1H3,(H,24,27). The van der Waals surface area contributed by atoms with Crippen LogP contribution in [0.15, 0.2) is 66.7 Å². The van der Waals surface area contributed by atoms with E-state index in [1.807, 2.05) is 0 Å². The van der Waals surface area contributed by atoms with Crippen LogP contribution in [0.3, 0.4) is 0 Å². The molecule has 0 radical (unpaired) electrons. The lowest BCUT2D eigenvalue weighted by atomic mass is 9.83. The van der Waals surface area contributed by atoms with Crippen molar-refractivity contribution in [2.75, 3.05) is 12.4 Å². The van der Waals surface area contributed by atoms with Gasteiger partial charge in [0.15, 0.2) is 11.6 Å². The number of hydrogen-bond donors (Lipinski definition) is 1. The summed E-state index contributed by atoms with van der Waals surface area (Å²) in [6.45, 7) is 0. The molecule has 6 heteroatoms. The number of rotatable bonds is 3. The van der Waals surface area contributed by atoms with Crippen LogP contribution in [0.2, 0.25) is 0 Å². The maximum atomic E-state index is 13.0. The Morgan fingerprint density at radius 1 is 0.759 bits per heavy atom. The van der Waals surface area contributed by atoms with Gasteiger partial charge in [-0.05, 0) is 24.3 Å². The smallest absolute Gasteiger partial charge is 0.337 e. The number of hydrogen-bond acceptors (Lipinski definition) is 5. The summed E-state index contributed by atoms with van der Waals surface area (Å²) in [5.74, 6) is -1.66. The van der Waals surface area contributed by atoms with Crippen LogP contribution in [0.1, 0.15) is 52.6 Å². The average molecular weight is 385 g/mol. The Balaban J connectivity index is 1.72. The molecule has 0 aromatic heterocycles. The first kappa shape index (κ1) is 18.3. The van der Waals surface area contributed by atoms with Gasteiger partial charge in [0.2, 0.25) is 0 Å². The number of fused-ring (bicyclic) bond motifs is 2. The number of nitrogens with one attached hydrogen (secondary N) is 1. The second-order valence-corrected chi connectivity index (χ2v) is 6.46. The Hall–Kier alpha value is -4.06. The highest BCUT2D eigenvalue weighted by Gasteiger charge is 2.31. The van der Waals surface area contributed by atoms with Gasteiger partial charge in [-0.3, -0.25) is 14.4 Å². The van der Waals surface area contributed by atoms with Gasteiger partial charge in [0.25, 0.3) is 5.91 Å². The van der Waals surface area contributed by atoms with Crippen LogP contribution < -0.4 is 5.32 Å². The second kappa shape index (κ2) is 7.16. The number of carbonyl (C=O) groups is 4. The summed E-state index contributed by atoms with van der Waals surface area (Å²) in [5.41, 5.74) is 1.75. The second-order valence-electron chi connectivity index (χ2n) is 6.46. The van der Waals surface area contributed by atoms with Crippen molar-refractivity contribution in [1.82, 2.24) is 0 Å². The lowest BCUT2D eigenvalue weighted by molar-refractivity contribution is 0.0600. The lowest BCUT2D eigenvalue weighted by Gasteiger charge is -2.20. The van der Waals surface area contributed by atoms with Crippen molar-refractivity contribution >= 4 is 29.1 Å². The van der Waals surface area contributed by atoms with Crippen LogP contribution in [-0.4, -0.2) is 30.6 Å². The predicted molar refractivity (Wildman–Crippen MR) is 105 cm³/mol. The average Bonchev–Trinajstić information content (AvgIpc) is 2.77. The molecule has 0 spiro atoms. The molecule has 4 rings (SSSR count). The van der Waals surface area contributed by atoms with Crippen LogP contribution in [0.5, 0.6) is 0 Å². The van der Waals surface area contributed by atoms with Gasteiger partial charge in [-0.25, -0.2) is 4.79 Å². The molecule has 142 valence electrons. The molecule has 0 unspecified atom stereocenters. The summed E-state index contributed by atoms with van der Waals surface area (Å²) in [5, 5.41) is 2.69. The molecule has 0 saturated carbocycles. The van der Waals surface area contributed by atoms with E-state index in [1.54, 1.807) is 54.6 Å². The normalized spacial score (nSPS) is 12.0. The minimum Gasteiger partial charge on any atom is -0.465 e. The molecular weight excluding hydrogens is 370 g/mol. The summed E-state index contributed by atoms with van der Waals surface area (Å²) < 4.78 is 4.67. The quantitative estimate of drug-likeness (QED) is 0.545. The first-order chi connectivity index (χ1) is 14.0. The zero-order chi connectivity index (χ0) is 20.5. The van der Waals surface area contributed by atoms with E-state index in [1.165, 1.54) is 19.2 Å². The molecule has 3 aromatic rings. The third-order valence-corrected chi connectivity index (χ3v) is 4.75. The fourth-order valence-corrected chi connectivity index (χ4v) is 3.35. The Morgan fingerprint density at radius 2 is 1.38 bits per heavy atom. The van der Waals surface area contributed by atoms with Crippen molar-refractivity contribution in [3.05, 3.63) is 100 Å². The highest BCUT2D eigenvalue weighted by molar-refractivity contribution is 6.30. The van der Waals surface area contributed by atoms with Crippen molar-refractivity contribution in [3.63, 3.8) is 0 Å². The number of ether oxygens (including phenoxy) is 1. The molecule has 1 aliphatic carbocycles. The minimum atomic E-state index is -0.561. The molecule has 3 aromatic carbocycles. The minimum absolute atomic E-state index is 0.161. The zero-order valence-electron chi connectivity index (χ0n) is 15.4. The van der Waals surface area contributed by atoms with Gasteiger partial charge in [0, 0.05) is 22.3 Å². The number of carbonyl (C=O) groups excluding carboxylic acids is 4. The van der Waals surface area contributed by atoms with Crippen molar-refractivity contribution in [2.24, 2.45) is 0 Å². The number of benzene rings is 3. The number of methoxy groups -OCH3 is 1. The molecule has 1 amide bonds. The van der Waals surface area contributed by atoms with E-state index in [0.717, 1.165) is 0 Å². The third kappa shape index (κ3) is 3.10. The molecule has 29 heavy (non-hydrogen) atoms. The highest BCUT2D eigenvalue weighted by atomic mass is 16.5. The molecule has 0 aliphatic heterocycles. The number of esters is 1. The predicted octanol–water partition coefficient (Wildman–Crippen LogP) is 3.50. The van der Waals surface area contributed by atoms with Gasteiger partial charge in [0.05, 0.1) is 23.9 Å². The third-order valence-electron chi connectivity index (χ3n) is 4.75. The topological polar surface area (TPSA) is 89.5 Å². The molecule has 1 N–H and O–H groups in total. The maximum Gasteiger partial charge on any atom is 0.337 e. The van der Waals surface area contributed by atoms with Crippen molar-refractivity contribution in [2.45, 2.75) is 0 Å². The highest BCUT2D eigenvalue weighted by Crippen LogP contribution is 2.32. The SMILES string of the molecule is COC(=O)c1cccc(C(=O)Nc2cccc3c2C(=O)c2ccccc2C3=O)c1. The van der Waals surface area contributed by atoms with Gasteiger partial charge in [0.1, 0.15) is 0 Å². The maximum absolute atomic E-state index is 13.0. The monoisotopic (exact) mass is 385 g/mol. The molecule has 0 fully saturated rings. The van der Waals surface area contributed by atoms with Gasteiger partial charge in [-0.2, -0.15) is 0 Å². The van der Waals surface area contributed by atoms with E-state index in [-0.39, 0.29) is 39.5 Å². The lowest BCUT2D eigenvalue weighted by Crippen LogP contribution is -2.24. The largest absolute Gasteiger partial charge is 0.465 e. The van der Waals surface area contributed by atoms with E-state index in [9.17, 15) is 19.2 Å². The summed E-state index contributed by atoms with van der Waals surface area (Å²) >= 11 is 0. The van der Waals surface area contributed by atoms with Gasteiger partial charge in [-0.1, -0.05) is 42.5 Å². The zero-order valence-corrected chi connectivity index (χ0v) is 15.4. The van der Waals surface area contributed by atoms with E-state index in [0.29, 0.717) is 11.1 Å². The Bertz CT molecular complexity index is 1200. The van der Waals surface area contributed by atoms with Gasteiger partial charge >= 0.3 is 5.97 Å². The van der Waals surface area contributed by atoms with E-state index in [2.05, 4.69) is 10.1 Å². The van der Waals surface area contributed by atoms with Gasteiger partial charge in [-0.15, -0.1) is 0 Å². The number of anilines is 1. The van der Waals surface area contributed by atoms with Crippen LogP contribution in [0, 0.1) is 0 Å². The summed E-state index contributed by atoms with van der Waals surface area (Å²) in [6, 6.07) is 17.4. The van der Waals surface area contributed by atoms with Gasteiger partial charge < -0.3 is 10.1 Å². The Labute approximate surface area is 166 Å². The summed E-state index contributed by atoms with van der Waals surface area (Å²) in [7, 11) is 1.26. The first-order valence-electron chi connectivity index (χ1n) is 8.82. The number of ketones is 2.